The van der Waals surface area contributed by atoms with Gasteiger partial charge in [-0.15, -0.1) is 0 Å². The van der Waals surface area contributed by atoms with Crippen LogP contribution in [0.5, 0.6) is 0 Å². The largest absolute Gasteiger partial charge is 0.416 e. The molecule has 0 nitrogen and oxygen atoms in total. The molecule has 0 saturated carbocycles. The molecule has 0 fully saturated rings. The van der Waals surface area contributed by atoms with Crippen LogP contribution in [0.4, 0.5) is 13.2 Å². The third-order valence-electron chi connectivity index (χ3n) is 3.69. The van der Waals surface area contributed by atoms with E-state index >= 15 is 0 Å². The first-order valence-electron chi connectivity index (χ1n) is 7.18. The van der Waals surface area contributed by atoms with Crippen molar-refractivity contribution in [3.05, 3.63) is 81.3 Å². The molecular weight excluding hydrogens is 392 g/mol. The van der Waals surface area contributed by atoms with Crippen molar-refractivity contribution in [1.29, 1.82) is 0 Å². The average molecular weight is 402 g/mol. The first kappa shape index (κ1) is 18.1. The van der Waals surface area contributed by atoms with Crippen LogP contribution in [0, 0.1) is 0 Å². The number of hydrogen-bond acceptors (Lipinski definition) is 0. The van der Waals surface area contributed by atoms with E-state index < -0.39 is 11.7 Å². The average Bonchev–Trinajstić information content (AvgIpc) is 2.53. The summed E-state index contributed by atoms with van der Waals surface area (Å²) in [4.78, 5) is 0. The molecule has 6 heteroatoms. The molecule has 0 spiro atoms. The van der Waals surface area contributed by atoms with Gasteiger partial charge in [-0.05, 0) is 47.0 Å². The van der Waals surface area contributed by atoms with Crippen molar-refractivity contribution < 1.29 is 13.2 Å². The van der Waals surface area contributed by atoms with E-state index in [1.165, 1.54) is 6.07 Å². The second kappa shape index (κ2) is 6.91. The van der Waals surface area contributed by atoms with Gasteiger partial charge in [0.2, 0.25) is 0 Å². The van der Waals surface area contributed by atoms with Crippen LogP contribution in [0.2, 0.25) is 15.1 Å². The van der Waals surface area contributed by atoms with Crippen LogP contribution >= 0.6 is 34.8 Å². The Balaban J connectivity index is 2.17. The lowest BCUT2D eigenvalue weighted by Gasteiger charge is -2.14. The molecule has 0 atom stereocenters. The molecule has 128 valence electrons. The van der Waals surface area contributed by atoms with Crippen molar-refractivity contribution in [2.24, 2.45) is 0 Å². The molecule has 0 aliphatic rings. The Labute approximate surface area is 157 Å². The highest BCUT2D eigenvalue weighted by molar-refractivity contribution is 6.35. The van der Waals surface area contributed by atoms with Crippen molar-refractivity contribution >= 4 is 34.8 Å². The molecule has 0 aliphatic heterocycles. The zero-order valence-electron chi connectivity index (χ0n) is 12.5. The fraction of sp³-hybridized carbons (Fsp3) is 0.0526. The molecule has 0 N–H and O–H groups in total. The first-order valence-corrected chi connectivity index (χ1v) is 8.32. The molecule has 0 radical (unpaired) electrons. The highest BCUT2D eigenvalue weighted by atomic mass is 35.5. The highest BCUT2D eigenvalue weighted by Gasteiger charge is 2.31. The van der Waals surface area contributed by atoms with E-state index in [1.54, 1.807) is 30.3 Å². The summed E-state index contributed by atoms with van der Waals surface area (Å²) in [6.07, 6.45) is -4.44. The van der Waals surface area contributed by atoms with Gasteiger partial charge in [-0.25, -0.2) is 0 Å². The fourth-order valence-electron chi connectivity index (χ4n) is 2.59. The number of halogens is 6. The summed E-state index contributed by atoms with van der Waals surface area (Å²) in [5.74, 6) is 0. The summed E-state index contributed by atoms with van der Waals surface area (Å²) >= 11 is 18.3. The molecule has 0 aromatic heterocycles. The van der Waals surface area contributed by atoms with Crippen LogP contribution in [0.3, 0.4) is 0 Å². The lowest BCUT2D eigenvalue weighted by molar-refractivity contribution is -0.137. The van der Waals surface area contributed by atoms with Crippen molar-refractivity contribution in [3.63, 3.8) is 0 Å². The summed E-state index contributed by atoms with van der Waals surface area (Å²) in [7, 11) is 0. The van der Waals surface area contributed by atoms with Crippen molar-refractivity contribution in [1.82, 2.24) is 0 Å². The van der Waals surface area contributed by atoms with Crippen LogP contribution in [-0.4, -0.2) is 0 Å². The zero-order chi connectivity index (χ0) is 18.2. The Bertz CT molecular complexity index is 913. The lowest BCUT2D eigenvalue weighted by Crippen LogP contribution is -2.04. The van der Waals surface area contributed by atoms with Crippen molar-refractivity contribution in [2.45, 2.75) is 6.18 Å². The van der Waals surface area contributed by atoms with Gasteiger partial charge in [0, 0.05) is 20.6 Å². The monoisotopic (exact) mass is 400 g/mol. The smallest absolute Gasteiger partial charge is 0.166 e. The maximum atomic E-state index is 12.8. The zero-order valence-corrected chi connectivity index (χ0v) is 14.8. The fourth-order valence-corrected chi connectivity index (χ4v) is 3.40. The Hall–Kier alpha value is -1.68. The van der Waals surface area contributed by atoms with Crippen LogP contribution < -0.4 is 0 Å². The van der Waals surface area contributed by atoms with Gasteiger partial charge >= 0.3 is 6.18 Å². The van der Waals surface area contributed by atoms with Crippen LogP contribution in [-0.2, 0) is 6.18 Å². The van der Waals surface area contributed by atoms with Gasteiger partial charge in [0.1, 0.15) is 0 Å². The normalized spacial score (nSPS) is 11.6. The molecular formula is C19H10Cl3F3. The minimum atomic E-state index is -4.44. The maximum absolute atomic E-state index is 12.8. The van der Waals surface area contributed by atoms with Gasteiger partial charge in [-0.2, -0.15) is 13.2 Å². The predicted molar refractivity (Wildman–Crippen MR) is 97.3 cm³/mol. The van der Waals surface area contributed by atoms with Crippen molar-refractivity contribution in [2.75, 3.05) is 0 Å². The third-order valence-corrected chi connectivity index (χ3v) is 4.44. The topological polar surface area (TPSA) is 0 Å². The molecule has 3 rings (SSSR count). The molecule has 0 amide bonds. The van der Waals surface area contributed by atoms with E-state index in [9.17, 15) is 13.2 Å². The van der Waals surface area contributed by atoms with Gasteiger partial charge < -0.3 is 0 Å². The Morgan fingerprint density at radius 3 is 1.80 bits per heavy atom. The maximum Gasteiger partial charge on any atom is 0.416 e. The SMILES string of the molecule is FC(F)(F)c1ccc(-c2ccccc2-c2cc(Cl)cc(Cl)c2)c(Cl)c1. The van der Waals surface area contributed by atoms with E-state index in [0.717, 1.165) is 23.3 Å². The minimum Gasteiger partial charge on any atom is -0.166 e. The Morgan fingerprint density at radius 1 is 0.640 bits per heavy atom. The predicted octanol–water partition coefficient (Wildman–Crippen LogP) is 8.00. The molecule has 0 bridgehead atoms. The quantitative estimate of drug-likeness (QED) is 0.408. The Morgan fingerprint density at radius 2 is 1.24 bits per heavy atom. The highest BCUT2D eigenvalue weighted by Crippen LogP contribution is 2.40. The lowest BCUT2D eigenvalue weighted by atomic mass is 9.94. The van der Waals surface area contributed by atoms with Gasteiger partial charge in [0.05, 0.1) is 5.56 Å². The summed E-state index contributed by atoms with van der Waals surface area (Å²) in [5, 5.41) is 0.960. The van der Waals surface area contributed by atoms with Crippen molar-refractivity contribution in [3.8, 4) is 22.3 Å². The Kier molecular flexibility index (Phi) is 5.01. The van der Waals surface area contributed by atoms with E-state index in [0.29, 0.717) is 21.2 Å². The van der Waals surface area contributed by atoms with Gasteiger partial charge in [0.15, 0.2) is 0 Å². The molecule has 0 unspecified atom stereocenters. The van der Waals surface area contributed by atoms with Crippen LogP contribution in [0.1, 0.15) is 5.56 Å². The second-order valence-electron chi connectivity index (χ2n) is 5.40. The first-order chi connectivity index (χ1) is 11.8. The number of alkyl halides is 3. The van der Waals surface area contributed by atoms with E-state index in [1.807, 2.05) is 12.1 Å². The number of hydrogen-bond donors (Lipinski definition) is 0. The number of benzene rings is 3. The molecule has 0 heterocycles. The third kappa shape index (κ3) is 3.95. The van der Waals surface area contributed by atoms with Gasteiger partial charge in [-0.3, -0.25) is 0 Å². The van der Waals surface area contributed by atoms with Crippen LogP contribution in [0.15, 0.2) is 60.7 Å². The summed E-state index contributed by atoms with van der Waals surface area (Å²) in [6, 6.07) is 15.7. The van der Waals surface area contributed by atoms with Gasteiger partial charge in [-0.1, -0.05) is 65.1 Å². The standard InChI is InChI=1S/C19H10Cl3F3/c20-13-7-11(8-14(21)10-13)15-3-1-2-4-16(15)17-6-5-12(9-18(17)22)19(23,24)25/h1-10H. The van der Waals surface area contributed by atoms with E-state index in [4.69, 9.17) is 34.8 Å². The summed E-state index contributed by atoms with van der Waals surface area (Å²) in [5.41, 5.74) is 1.93. The number of rotatable bonds is 2. The minimum absolute atomic E-state index is 0.0235. The van der Waals surface area contributed by atoms with E-state index in [-0.39, 0.29) is 5.02 Å². The summed E-state index contributed by atoms with van der Waals surface area (Å²) < 4.78 is 38.5. The van der Waals surface area contributed by atoms with Crippen LogP contribution in [0.25, 0.3) is 22.3 Å². The second-order valence-corrected chi connectivity index (χ2v) is 6.68. The molecule has 0 aliphatic carbocycles. The van der Waals surface area contributed by atoms with E-state index in [2.05, 4.69) is 0 Å². The molecule has 25 heavy (non-hydrogen) atoms. The summed E-state index contributed by atoms with van der Waals surface area (Å²) in [6.45, 7) is 0. The molecule has 3 aromatic rings. The molecule has 3 aromatic carbocycles. The van der Waals surface area contributed by atoms with Gasteiger partial charge in [0.25, 0.3) is 0 Å². The molecule has 0 saturated heterocycles.